The van der Waals surface area contributed by atoms with Crippen LogP contribution in [0.15, 0.2) is 34.5 Å². The molecule has 2 N–H and O–H groups in total. The van der Waals surface area contributed by atoms with E-state index in [9.17, 15) is 13.2 Å². The molecule has 5 nitrogen and oxygen atoms in total. The summed E-state index contributed by atoms with van der Waals surface area (Å²) in [5, 5.41) is 10.4. The average Bonchev–Trinajstić information content (AvgIpc) is 2.83. The molecular formula is C13H13NO4S2. The van der Waals surface area contributed by atoms with Crippen molar-refractivity contribution in [3.8, 4) is 0 Å². The van der Waals surface area contributed by atoms with E-state index in [1.165, 1.54) is 11.4 Å². The Labute approximate surface area is 120 Å². The second-order valence-corrected chi connectivity index (χ2v) is 6.91. The van der Waals surface area contributed by atoms with E-state index in [1.807, 2.05) is 13.0 Å². The Kier molecular flexibility index (Phi) is 3.82. The van der Waals surface area contributed by atoms with Gasteiger partial charge in [0.05, 0.1) is 5.69 Å². The molecule has 0 saturated heterocycles. The van der Waals surface area contributed by atoms with E-state index in [-0.39, 0.29) is 9.77 Å². The predicted octanol–water partition coefficient (Wildman–Crippen LogP) is 2.86. The largest absolute Gasteiger partial charge is 0.477 e. The van der Waals surface area contributed by atoms with E-state index >= 15 is 0 Å². The highest BCUT2D eigenvalue weighted by Crippen LogP contribution is 2.26. The highest BCUT2D eigenvalue weighted by molar-refractivity contribution is 7.93. The van der Waals surface area contributed by atoms with Crippen molar-refractivity contribution in [1.82, 2.24) is 0 Å². The number of aromatic carboxylic acids is 1. The molecule has 0 spiro atoms. The Morgan fingerprint density at radius 1 is 1.25 bits per heavy atom. The molecule has 106 valence electrons. The van der Waals surface area contributed by atoms with E-state index < -0.39 is 16.0 Å². The van der Waals surface area contributed by atoms with Crippen LogP contribution in [0.5, 0.6) is 0 Å². The van der Waals surface area contributed by atoms with Crippen LogP contribution >= 0.6 is 11.3 Å². The summed E-state index contributed by atoms with van der Waals surface area (Å²) >= 11 is 0.884. The van der Waals surface area contributed by atoms with E-state index in [0.717, 1.165) is 22.5 Å². The van der Waals surface area contributed by atoms with Crippen molar-refractivity contribution >= 4 is 33.0 Å². The number of nitrogens with one attached hydrogen (secondary N) is 1. The van der Waals surface area contributed by atoms with Crippen LogP contribution in [0.4, 0.5) is 5.69 Å². The fourth-order valence-corrected chi connectivity index (χ4v) is 4.09. The zero-order valence-electron chi connectivity index (χ0n) is 10.9. The Balaban J connectivity index is 2.44. The fourth-order valence-electron chi connectivity index (χ4n) is 1.71. The summed E-state index contributed by atoms with van der Waals surface area (Å²) in [6.07, 6.45) is 0. The van der Waals surface area contributed by atoms with Crippen LogP contribution in [0, 0.1) is 13.8 Å². The molecule has 0 atom stereocenters. The summed E-state index contributed by atoms with van der Waals surface area (Å²) < 4.78 is 27.0. The first kappa shape index (κ1) is 14.5. The van der Waals surface area contributed by atoms with Gasteiger partial charge in [-0.25, -0.2) is 13.2 Å². The number of aryl methyl sites for hydroxylation is 2. The van der Waals surface area contributed by atoms with Gasteiger partial charge in [-0.1, -0.05) is 12.1 Å². The Morgan fingerprint density at radius 2 is 1.95 bits per heavy atom. The molecule has 0 unspecified atom stereocenters. The van der Waals surface area contributed by atoms with Crippen molar-refractivity contribution in [3.63, 3.8) is 0 Å². The molecule has 1 aromatic heterocycles. The molecule has 1 heterocycles. The van der Waals surface area contributed by atoms with Gasteiger partial charge in [-0.2, -0.15) is 0 Å². The molecule has 0 fully saturated rings. The quantitative estimate of drug-likeness (QED) is 0.909. The standard InChI is InChI=1S/C13H13NO4S2/c1-8-3-4-9(2)10(7-8)14-20(17,18)11-5-6-19-12(11)13(15)16/h3-7,14H,1-2H3,(H,15,16). The summed E-state index contributed by atoms with van der Waals surface area (Å²) in [7, 11) is -3.91. The number of sulfonamides is 1. The topological polar surface area (TPSA) is 83.5 Å². The second-order valence-electron chi connectivity index (χ2n) is 4.34. The van der Waals surface area contributed by atoms with Gasteiger partial charge in [0.2, 0.25) is 0 Å². The number of rotatable bonds is 4. The van der Waals surface area contributed by atoms with Gasteiger partial charge < -0.3 is 5.11 Å². The maximum Gasteiger partial charge on any atom is 0.347 e. The SMILES string of the molecule is Cc1ccc(C)c(NS(=O)(=O)c2ccsc2C(=O)O)c1. The van der Waals surface area contributed by atoms with Gasteiger partial charge in [-0.15, -0.1) is 11.3 Å². The molecule has 0 saturated carbocycles. The van der Waals surface area contributed by atoms with Crippen molar-refractivity contribution < 1.29 is 18.3 Å². The number of carboxylic acid groups (broad SMARTS) is 1. The average molecular weight is 311 g/mol. The number of hydrogen-bond donors (Lipinski definition) is 2. The number of thiophene rings is 1. The van der Waals surface area contributed by atoms with Crippen LogP contribution in [0.1, 0.15) is 20.8 Å². The zero-order chi connectivity index (χ0) is 14.9. The van der Waals surface area contributed by atoms with E-state index in [2.05, 4.69) is 4.72 Å². The summed E-state index contributed by atoms with van der Waals surface area (Å²) in [5.74, 6) is -1.25. The van der Waals surface area contributed by atoms with Gasteiger partial charge >= 0.3 is 5.97 Å². The lowest BCUT2D eigenvalue weighted by molar-refractivity contribution is 0.0698. The van der Waals surface area contributed by atoms with Crippen LogP contribution in [0.2, 0.25) is 0 Å². The fraction of sp³-hybridized carbons (Fsp3) is 0.154. The summed E-state index contributed by atoms with van der Waals surface area (Å²) in [6, 6.07) is 6.68. The maximum atomic E-state index is 12.3. The summed E-state index contributed by atoms with van der Waals surface area (Å²) in [4.78, 5) is 10.6. The molecule has 0 aliphatic rings. The summed E-state index contributed by atoms with van der Waals surface area (Å²) in [6.45, 7) is 3.63. The maximum absolute atomic E-state index is 12.3. The van der Waals surface area contributed by atoms with Crippen molar-refractivity contribution in [3.05, 3.63) is 45.6 Å². The van der Waals surface area contributed by atoms with Gasteiger partial charge in [0.25, 0.3) is 10.0 Å². The predicted molar refractivity (Wildman–Crippen MR) is 78.0 cm³/mol. The molecule has 7 heteroatoms. The zero-order valence-corrected chi connectivity index (χ0v) is 12.5. The van der Waals surface area contributed by atoms with Gasteiger partial charge in [-0.05, 0) is 42.5 Å². The number of anilines is 1. The van der Waals surface area contributed by atoms with Crippen LogP contribution in [-0.4, -0.2) is 19.5 Å². The lowest BCUT2D eigenvalue weighted by Crippen LogP contribution is -2.15. The van der Waals surface area contributed by atoms with E-state index in [0.29, 0.717) is 5.69 Å². The smallest absolute Gasteiger partial charge is 0.347 e. The molecular weight excluding hydrogens is 298 g/mol. The number of carbonyl (C=O) groups is 1. The summed E-state index contributed by atoms with van der Waals surface area (Å²) in [5.41, 5.74) is 2.14. The molecule has 2 aromatic rings. The normalized spacial score (nSPS) is 11.3. The molecule has 2 rings (SSSR count). The minimum atomic E-state index is -3.91. The van der Waals surface area contributed by atoms with E-state index in [4.69, 9.17) is 5.11 Å². The first-order valence-corrected chi connectivity index (χ1v) is 8.08. The van der Waals surface area contributed by atoms with Crippen molar-refractivity contribution in [2.75, 3.05) is 4.72 Å². The minimum absolute atomic E-state index is 0.192. The van der Waals surface area contributed by atoms with Gasteiger partial charge in [0.1, 0.15) is 9.77 Å². The third kappa shape index (κ3) is 2.83. The van der Waals surface area contributed by atoms with Crippen molar-refractivity contribution in [1.29, 1.82) is 0 Å². The highest BCUT2D eigenvalue weighted by Gasteiger charge is 2.24. The van der Waals surface area contributed by atoms with Crippen molar-refractivity contribution in [2.24, 2.45) is 0 Å². The monoisotopic (exact) mass is 311 g/mol. The molecule has 0 bridgehead atoms. The third-order valence-corrected chi connectivity index (χ3v) is 5.19. The van der Waals surface area contributed by atoms with Crippen LogP contribution in [0.25, 0.3) is 0 Å². The van der Waals surface area contributed by atoms with Crippen LogP contribution in [-0.2, 0) is 10.0 Å². The molecule has 20 heavy (non-hydrogen) atoms. The third-order valence-electron chi connectivity index (χ3n) is 2.75. The lowest BCUT2D eigenvalue weighted by Gasteiger charge is -2.11. The van der Waals surface area contributed by atoms with Crippen LogP contribution < -0.4 is 4.72 Å². The van der Waals surface area contributed by atoms with E-state index in [1.54, 1.807) is 19.1 Å². The van der Waals surface area contributed by atoms with Crippen LogP contribution in [0.3, 0.4) is 0 Å². The molecule has 0 radical (unpaired) electrons. The first-order valence-electron chi connectivity index (χ1n) is 5.72. The number of benzene rings is 1. The van der Waals surface area contributed by atoms with Gasteiger partial charge in [0, 0.05) is 0 Å². The minimum Gasteiger partial charge on any atom is -0.477 e. The first-order chi connectivity index (χ1) is 9.31. The number of hydrogen-bond acceptors (Lipinski definition) is 4. The Morgan fingerprint density at radius 3 is 2.60 bits per heavy atom. The van der Waals surface area contributed by atoms with Gasteiger partial charge in [0.15, 0.2) is 0 Å². The highest BCUT2D eigenvalue weighted by atomic mass is 32.2. The molecule has 0 aliphatic heterocycles. The Bertz CT molecular complexity index is 762. The number of carboxylic acids is 1. The molecule has 0 amide bonds. The second kappa shape index (κ2) is 5.26. The molecule has 1 aromatic carbocycles. The van der Waals surface area contributed by atoms with Gasteiger partial charge in [-0.3, -0.25) is 4.72 Å². The lowest BCUT2D eigenvalue weighted by atomic mass is 10.1. The Hall–Kier alpha value is -1.86. The molecule has 0 aliphatic carbocycles. The van der Waals surface area contributed by atoms with Crippen molar-refractivity contribution in [2.45, 2.75) is 18.7 Å².